The molecule has 0 aliphatic carbocycles. The summed E-state index contributed by atoms with van der Waals surface area (Å²) in [7, 11) is 0. The molecule has 1 atom stereocenters. The lowest BCUT2D eigenvalue weighted by Crippen LogP contribution is -2.43. The second kappa shape index (κ2) is 7.13. The van der Waals surface area contributed by atoms with Crippen LogP contribution in [0.4, 0.5) is 20.6 Å². The van der Waals surface area contributed by atoms with Gasteiger partial charge in [-0.05, 0) is 18.2 Å². The number of aliphatic hydroxyl groups excluding tert-OH is 1. The van der Waals surface area contributed by atoms with Crippen molar-refractivity contribution in [3.8, 4) is 0 Å². The maximum Gasteiger partial charge on any atom is 0.414 e. The van der Waals surface area contributed by atoms with E-state index < -0.39 is 12.2 Å². The molecule has 8 heteroatoms. The number of ether oxygens (including phenoxy) is 1. The van der Waals surface area contributed by atoms with Crippen molar-refractivity contribution in [3.63, 3.8) is 0 Å². The number of benzene rings is 1. The van der Waals surface area contributed by atoms with Gasteiger partial charge < -0.3 is 20.1 Å². The van der Waals surface area contributed by atoms with E-state index in [-0.39, 0.29) is 31.4 Å². The van der Waals surface area contributed by atoms with Gasteiger partial charge in [0.1, 0.15) is 11.9 Å². The van der Waals surface area contributed by atoms with Crippen molar-refractivity contribution < 1.29 is 19.0 Å². The molecule has 0 bridgehead atoms. The molecule has 1 aromatic rings. The topological polar surface area (TPSA) is 65.0 Å². The number of anilines is 2. The van der Waals surface area contributed by atoms with E-state index in [9.17, 15) is 9.18 Å². The molecule has 2 heterocycles. The van der Waals surface area contributed by atoms with Crippen LogP contribution in [0, 0.1) is 5.82 Å². The van der Waals surface area contributed by atoms with Gasteiger partial charge in [-0.1, -0.05) is 0 Å². The van der Waals surface area contributed by atoms with Gasteiger partial charge >= 0.3 is 6.09 Å². The number of amides is 1. The third-order valence-electron chi connectivity index (χ3n) is 3.78. The highest BCUT2D eigenvalue weighted by Gasteiger charge is 2.32. The van der Waals surface area contributed by atoms with E-state index in [1.807, 2.05) is 4.90 Å². The molecule has 0 saturated carbocycles. The van der Waals surface area contributed by atoms with Crippen molar-refractivity contribution in [1.29, 1.82) is 0 Å². The Bertz CT molecular complexity index is 540. The van der Waals surface area contributed by atoms with Crippen LogP contribution in [0.3, 0.4) is 0 Å². The number of carbonyl (C=O) groups excluding carboxylic acids is 1. The smallest absolute Gasteiger partial charge is 0.414 e. The molecule has 3 rings (SSSR count). The molecule has 6 nitrogen and oxygen atoms in total. The Morgan fingerprint density at radius 1 is 1.36 bits per heavy atom. The van der Waals surface area contributed by atoms with Crippen LogP contribution in [-0.4, -0.2) is 56.6 Å². The van der Waals surface area contributed by atoms with Crippen LogP contribution < -0.4 is 15.1 Å². The number of hydrogen-bond donors (Lipinski definition) is 2. The number of carbonyl (C=O) groups is 1. The van der Waals surface area contributed by atoms with Gasteiger partial charge in [0.15, 0.2) is 0 Å². The Labute approximate surface area is 134 Å². The van der Waals surface area contributed by atoms with Crippen molar-refractivity contribution in [2.75, 3.05) is 49.1 Å². The van der Waals surface area contributed by atoms with Gasteiger partial charge in [-0.3, -0.25) is 4.90 Å². The average molecular weight is 332 g/mol. The maximum absolute atomic E-state index is 14.3. The summed E-state index contributed by atoms with van der Waals surface area (Å²) in [5.41, 5.74) is 0.999. The number of nitrogens with one attached hydrogen (secondary N) is 1. The van der Waals surface area contributed by atoms with Gasteiger partial charge in [-0.25, -0.2) is 9.18 Å². The fourth-order valence-electron chi connectivity index (χ4n) is 2.65. The van der Waals surface area contributed by atoms with Gasteiger partial charge in [0.25, 0.3) is 0 Å². The van der Waals surface area contributed by atoms with Crippen molar-refractivity contribution in [1.82, 2.24) is 5.32 Å². The van der Waals surface area contributed by atoms with Crippen LogP contribution in [0.25, 0.3) is 0 Å². The van der Waals surface area contributed by atoms with Crippen LogP contribution in [0.15, 0.2) is 18.2 Å². The minimum Gasteiger partial charge on any atom is -0.441 e. The summed E-state index contributed by atoms with van der Waals surface area (Å²) in [6.45, 7) is 3.18. The van der Waals surface area contributed by atoms with Gasteiger partial charge in [0.2, 0.25) is 0 Å². The summed E-state index contributed by atoms with van der Waals surface area (Å²) in [6, 6.07) is 4.75. The molecule has 1 unspecified atom stereocenters. The zero-order chi connectivity index (χ0) is 14.8. The van der Waals surface area contributed by atoms with E-state index >= 15 is 0 Å². The zero-order valence-electron chi connectivity index (χ0n) is 12.0. The summed E-state index contributed by atoms with van der Waals surface area (Å²) in [5, 5.41) is 12.2. The first-order chi connectivity index (χ1) is 10.2. The van der Waals surface area contributed by atoms with Crippen LogP contribution >= 0.6 is 12.4 Å². The van der Waals surface area contributed by atoms with E-state index in [0.29, 0.717) is 11.4 Å². The fraction of sp³-hybridized carbons (Fsp3) is 0.500. The van der Waals surface area contributed by atoms with Crippen molar-refractivity contribution in [2.45, 2.75) is 6.10 Å². The number of hydrogen-bond acceptors (Lipinski definition) is 5. The molecule has 0 spiro atoms. The number of halogens is 2. The summed E-state index contributed by atoms with van der Waals surface area (Å²) in [6.07, 6.45) is -1.10. The number of piperazine rings is 1. The molecule has 0 radical (unpaired) electrons. The SMILES string of the molecule is Cl.O=C1OC(CO)CN1c1ccc(N2CCNCC2)c(F)c1. The number of nitrogens with zero attached hydrogens (tertiary/aromatic N) is 2. The standard InChI is InChI=1S/C14H18FN3O3.ClH/c15-12-7-10(18-8-11(9-19)21-14(18)20)1-2-13(12)17-5-3-16-4-6-17;/h1-2,7,11,16,19H,3-6,8-9H2;1H. The minimum atomic E-state index is -0.552. The Balaban J connectivity index is 0.00000176. The maximum atomic E-state index is 14.3. The van der Waals surface area contributed by atoms with Gasteiger partial charge in [-0.2, -0.15) is 0 Å². The first kappa shape index (κ1) is 16.8. The summed E-state index contributed by atoms with van der Waals surface area (Å²) in [4.78, 5) is 15.0. The van der Waals surface area contributed by atoms with E-state index in [1.165, 1.54) is 11.0 Å². The highest BCUT2D eigenvalue weighted by molar-refractivity contribution is 5.90. The largest absolute Gasteiger partial charge is 0.441 e. The van der Waals surface area contributed by atoms with Crippen LogP contribution in [0.5, 0.6) is 0 Å². The molecule has 1 aromatic carbocycles. The average Bonchev–Trinajstić information content (AvgIpc) is 2.89. The van der Waals surface area contributed by atoms with Crippen LogP contribution in [0.1, 0.15) is 0 Å². The normalized spacial score (nSPS) is 21.5. The number of cyclic esters (lactones) is 1. The summed E-state index contributed by atoms with van der Waals surface area (Å²) < 4.78 is 19.3. The van der Waals surface area contributed by atoms with Gasteiger partial charge in [-0.15, -0.1) is 12.4 Å². The van der Waals surface area contributed by atoms with Crippen LogP contribution in [-0.2, 0) is 4.74 Å². The quantitative estimate of drug-likeness (QED) is 0.864. The molecule has 2 aliphatic rings. The first-order valence-corrected chi connectivity index (χ1v) is 7.03. The third-order valence-corrected chi connectivity index (χ3v) is 3.78. The molecule has 122 valence electrons. The van der Waals surface area contributed by atoms with Gasteiger partial charge in [0, 0.05) is 26.2 Å². The second-order valence-corrected chi connectivity index (χ2v) is 5.17. The van der Waals surface area contributed by atoms with Crippen molar-refractivity contribution in [2.24, 2.45) is 0 Å². The second-order valence-electron chi connectivity index (χ2n) is 5.17. The highest BCUT2D eigenvalue weighted by atomic mass is 35.5. The van der Waals surface area contributed by atoms with E-state index in [1.54, 1.807) is 12.1 Å². The van der Waals surface area contributed by atoms with Gasteiger partial charge in [0.05, 0.1) is 24.5 Å². The van der Waals surface area contributed by atoms with E-state index in [0.717, 1.165) is 26.2 Å². The molecular weight excluding hydrogens is 313 g/mol. The molecule has 0 aromatic heterocycles. The Kier molecular flexibility index (Phi) is 5.44. The lowest BCUT2D eigenvalue weighted by Gasteiger charge is -2.30. The molecule has 2 fully saturated rings. The fourth-order valence-corrected chi connectivity index (χ4v) is 2.65. The molecule has 1 amide bonds. The predicted molar refractivity (Wildman–Crippen MR) is 83.4 cm³/mol. The highest BCUT2D eigenvalue weighted by Crippen LogP contribution is 2.28. The van der Waals surface area contributed by atoms with Crippen LogP contribution in [0.2, 0.25) is 0 Å². The zero-order valence-corrected chi connectivity index (χ0v) is 12.8. The predicted octanol–water partition coefficient (Wildman–Crippen LogP) is 0.975. The Hall–Kier alpha value is -1.57. The van der Waals surface area contributed by atoms with E-state index in [2.05, 4.69) is 5.32 Å². The van der Waals surface area contributed by atoms with Crippen molar-refractivity contribution in [3.05, 3.63) is 24.0 Å². The van der Waals surface area contributed by atoms with E-state index in [4.69, 9.17) is 9.84 Å². The lowest BCUT2D eigenvalue weighted by molar-refractivity contribution is 0.0963. The van der Waals surface area contributed by atoms with Crippen molar-refractivity contribution >= 4 is 29.9 Å². The molecule has 2 aliphatic heterocycles. The number of aliphatic hydroxyl groups is 1. The molecule has 22 heavy (non-hydrogen) atoms. The first-order valence-electron chi connectivity index (χ1n) is 7.03. The lowest BCUT2D eigenvalue weighted by atomic mass is 10.2. The Morgan fingerprint density at radius 3 is 2.68 bits per heavy atom. The minimum absolute atomic E-state index is 0. The summed E-state index contributed by atoms with van der Waals surface area (Å²) in [5.74, 6) is -0.352. The molecule has 2 saturated heterocycles. The third kappa shape index (κ3) is 3.26. The summed E-state index contributed by atoms with van der Waals surface area (Å²) >= 11 is 0. The number of rotatable bonds is 3. The molecular formula is C14H19ClFN3O3. The Morgan fingerprint density at radius 2 is 2.09 bits per heavy atom. The monoisotopic (exact) mass is 331 g/mol. The molecule has 2 N–H and O–H groups in total.